The van der Waals surface area contributed by atoms with Gasteiger partial charge in [-0.15, -0.1) is 0 Å². The number of benzene rings is 1. The van der Waals surface area contributed by atoms with Gasteiger partial charge in [0.25, 0.3) is 0 Å². The molecular formula is C13H20N2O3S. The van der Waals surface area contributed by atoms with E-state index in [0.29, 0.717) is 18.7 Å². The van der Waals surface area contributed by atoms with Gasteiger partial charge in [0.15, 0.2) is 0 Å². The molecule has 1 saturated heterocycles. The Kier molecular flexibility index (Phi) is 3.85. The Hall–Kier alpha value is -1.11. The first-order valence-corrected chi connectivity index (χ1v) is 7.74. The summed E-state index contributed by atoms with van der Waals surface area (Å²) in [5, 5.41) is 0. The van der Waals surface area contributed by atoms with Crippen LogP contribution in [0.4, 0.5) is 5.69 Å². The topological polar surface area (TPSA) is 72.6 Å². The standard InChI is InChI=1S/C13H20N2O3S/c1-9-4-5-13(11(14)8-9)19(16,17)15(3)12-6-7-18-10(12)2/h4-5,8,10,12H,6-7,14H2,1-3H3. The number of rotatable bonds is 3. The number of likely N-dealkylation sites (N-methyl/N-ethyl adjacent to an activating group) is 1. The van der Waals surface area contributed by atoms with Crippen LogP contribution in [-0.4, -0.2) is 38.5 Å². The van der Waals surface area contributed by atoms with E-state index in [0.717, 1.165) is 5.56 Å². The van der Waals surface area contributed by atoms with Crippen LogP contribution in [0.25, 0.3) is 0 Å². The van der Waals surface area contributed by atoms with Gasteiger partial charge in [-0.25, -0.2) is 8.42 Å². The lowest BCUT2D eigenvalue weighted by Crippen LogP contribution is -2.41. The van der Waals surface area contributed by atoms with E-state index in [1.54, 1.807) is 25.2 Å². The molecule has 0 bridgehead atoms. The highest BCUT2D eigenvalue weighted by Gasteiger charge is 2.35. The first-order valence-electron chi connectivity index (χ1n) is 6.30. The molecule has 0 aliphatic carbocycles. The highest BCUT2D eigenvalue weighted by Crippen LogP contribution is 2.28. The molecule has 0 radical (unpaired) electrons. The molecule has 1 aliphatic heterocycles. The number of nitrogens with two attached hydrogens (primary N) is 1. The fourth-order valence-electron chi connectivity index (χ4n) is 2.43. The lowest BCUT2D eigenvalue weighted by molar-refractivity contribution is 0.102. The Morgan fingerprint density at radius 3 is 2.63 bits per heavy atom. The van der Waals surface area contributed by atoms with Crippen molar-refractivity contribution in [2.75, 3.05) is 19.4 Å². The summed E-state index contributed by atoms with van der Waals surface area (Å²) in [6.07, 6.45) is 0.620. The molecule has 2 N–H and O–H groups in total. The van der Waals surface area contributed by atoms with Crippen LogP contribution in [0.15, 0.2) is 23.1 Å². The maximum absolute atomic E-state index is 12.6. The number of hydrogen-bond donors (Lipinski definition) is 1. The Labute approximate surface area is 114 Å². The van der Waals surface area contributed by atoms with E-state index in [-0.39, 0.29) is 17.0 Å². The Morgan fingerprint density at radius 2 is 2.11 bits per heavy atom. The van der Waals surface area contributed by atoms with E-state index < -0.39 is 10.0 Å². The molecule has 0 saturated carbocycles. The van der Waals surface area contributed by atoms with Crippen LogP contribution < -0.4 is 5.73 Å². The smallest absolute Gasteiger partial charge is 0.245 e. The van der Waals surface area contributed by atoms with Crippen molar-refractivity contribution in [1.82, 2.24) is 4.31 Å². The van der Waals surface area contributed by atoms with E-state index in [9.17, 15) is 8.42 Å². The molecule has 1 aliphatic rings. The first-order chi connectivity index (χ1) is 8.84. The van der Waals surface area contributed by atoms with E-state index in [2.05, 4.69) is 0 Å². The molecule has 2 unspecified atom stereocenters. The highest BCUT2D eigenvalue weighted by molar-refractivity contribution is 7.89. The summed E-state index contributed by atoms with van der Waals surface area (Å²) in [5.41, 5.74) is 7.07. The van der Waals surface area contributed by atoms with Crippen molar-refractivity contribution in [3.05, 3.63) is 23.8 Å². The molecule has 106 valence electrons. The third kappa shape index (κ3) is 2.61. The summed E-state index contributed by atoms with van der Waals surface area (Å²) >= 11 is 0. The average Bonchev–Trinajstić information content (AvgIpc) is 2.73. The van der Waals surface area contributed by atoms with E-state index in [1.165, 1.54) is 4.31 Å². The van der Waals surface area contributed by atoms with Crippen LogP contribution in [0.1, 0.15) is 18.9 Å². The molecule has 1 heterocycles. The number of hydrogen-bond acceptors (Lipinski definition) is 4. The van der Waals surface area contributed by atoms with Crippen molar-refractivity contribution in [3.8, 4) is 0 Å². The van der Waals surface area contributed by atoms with Crippen molar-refractivity contribution >= 4 is 15.7 Å². The molecule has 0 amide bonds. The second kappa shape index (κ2) is 5.11. The number of nitrogen functional groups attached to an aromatic ring is 1. The van der Waals surface area contributed by atoms with Crippen molar-refractivity contribution < 1.29 is 13.2 Å². The first kappa shape index (κ1) is 14.3. The average molecular weight is 284 g/mol. The minimum absolute atomic E-state index is 0.0913. The summed E-state index contributed by atoms with van der Waals surface area (Å²) in [5.74, 6) is 0. The summed E-state index contributed by atoms with van der Waals surface area (Å²) < 4.78 is 32.0. The molecule has 2 atom stereocenters. The normalized spacial score (nSPS) is 24.0. The molecule has 19 heavy (non-hydrogen) atoms. The molecule has 6 heteroatoms. The van der Waals surface area contributed by atoms with Gasteiger partial charge < -0.3 is 10.5 Å². The minimum Gasteiger partial charge on any atom is -0.398 e. The Bertz CT molecular complexity index is 571. The molecule has 1 fully saturated rings. The minimum atomic E-state index is -3.57. The Balaban J connectivity index is 2.36. The molecule has 2 rings (SSSR count). The number of anilines is 1. The van der Waals surface area contributed by atoms with Crippen LogP contribution >= 0.6 is 0 Å². The van der Waals surface area contributed by atoms with E-state index in [1.807, 2.05) is 13.8 Å². The number of aryl methyl sites for hydroxylation is 1. The van der Waals surface area contributed by atoms with Crippen LogP contribution in [0.5, 0.6) is 0 Å². The summed E-state index contributed by atoms with van der Waals surface area (Å²) in [4.78, 5) is 0.166. The van der Waals surface area contributed by atoms with Crippen LogP contribution in [-0.2, 0) is 14.8 Å². The Morgan fingerprint density at radius 1 is 1.42 bits per heavy atom. The molecule has 1 aromatic rings. The molecule has 1 aromatic carbocycles. The maximum Gasteiger partial charge on any atom is 0.245 e. The van der Waals surface area contributed by atoms with Crippen molar-refractivity contribution in [1.29, 1.82) is 0 Å². The lowest BCUT2D eigenvalue weighted by Gasteiger charge is -2.26. The number of ether oxygens (including phenoxy) is 1. The fraction of sp³-hybridized carbons (Fsp3) is 0.538. The zero-order valence-corrected chi connectivity index (χ0v) is 12.3. The maximum atomic E-state index is 12.6. The van der Waals surface area contributed by atoms with Gasteiger partial charge in [0.2, 0.25) is 10.0 Å². The second-order valence-electron chi connectivity index (χ2n) is 4.99. The van der Waals surface area contributed by atoms with Gasteiger partial charge in [0.1, 0.15) is 4.90 Å². The monoisotopic (exact) mass is 284 g/mol. The SMILES string of the molecule is Cc1ccc(S(=O)(=O)N(C)C2CCOC2C)c(N)c1. The van der Waals surface area contributed by atoms with Gasteiger partial charge in [-0.3, -0.25) is 0 Å². The molecule has 0 aromatic heterocycles. The summed E-state index contributed by atoms with van der Waals surface area (Å²) in [7, 11) is -1.99. The summed E-state index contributed by atoms with van der Waals surface area (Å²) in [6.45, 7) is 4.36. The van der Waals surface area contributed by atoms with Crippen LogP contribution in [0.2, 0.25) is 0 Å². The highest BCUT2D eigenvalue weighted by atomic mass is 32.2. The van der Waals surface area contributed by atoms with Gasteiger partial charge in [-0.05, 0) is 38.0 Å². The zero-order valence-electron chi connectivity index (χ0n) is 11.5. The van der Waals surface area contributed by atoms with Crippen molar-refractivity contribution in [2.45, 2.75) is 37.3 Å². The molecular weight excluding hydrogens is 264 g/mol. The zero-order chi connectivity index (χ0) is 14.2. The summed E-state index contributed by atoms with van der Waals surface area (Å²) in [6, 6.07) is 4.86. The second-order valence-corrected chi connectivity index (χ2v) is 6.96. The van der Waals surface area contributed by atoms with Crippen molar-refractivity contribution in [3.63, 3.8) is 0 Å². The molecule has 0 spiro atoms. The van der Waals surface area contributed by atoms with Gasteiger partial charge in [0, 0.05) is 13.7 Å². The van der Waals surface area contributed by atoms with E-state index >= 15 is 0 Å². The largest absolute Gasteiger partial charge is 0.398 e. The lowest BCUT2D eigenvalue weighted by atomic mass is 10.2. The van der Waals surface area contributed by atoms with Crippen LogP contribution in [0.3, 0.4) is 0 Å². The van der Waals surface area contributed by atoms with Gasteiger partial charge in [-0.2, -0.15) is 4.31 Å². The predicted molar refractivity (Wildman–Crippen MR) is 74.4 cm³/mol. The predicted octanol–water partition coefficient (Wildman–Crippen LogP) is 1.38. The quantitative estimate of drug-likeness (QED) is 0.851. The fourth-order valence-corrected chi connectivity index (χ4v) is 3.97. The van der Waals surface area contributed by atoms with E-state index in [4.69, 9.17) is 10.5 Å². The van der Waals surface area contributed by atoms with Crippen molar-refractivity contribution in [2.24, 2.45) is 0 Å². The third-order valence-corrected chi connectivity index (χ3v) is 5.58. The van der Waals surface area contributed by atoms with Crippen LogP contribution in [0, 0.1) is 6.92 Å². The van der Waals surface area contributed by atoms with Gasteiger partial charge in [-0.1, -0.05) is 6.07 Å². The van der Waals surface area contributed by atoms with Gasteiger partial charge >= 0.3 is 0 Å². The number of sulfonamides is 1. The number of nitrogens with zero attached hydrogens (tertiary/aromatic N) is 1. The van der Waals surface area contributed by atoms with Gasteiger partial charge in [0.05, 0.1) is 17.8 Å². The molecule has 5 nitrogen and oxygen atoms in total. The third-order valence-electron chi connectivity index (χ3n) is 3.63.